The molecule has 0 spiro atoms. The molecule has 0 saturated carbocycles. The summed E-state index contributed by atoms with van der Waals surface area (Å²) in [5.41, 5.74) is 0. The zero-order valence-electron chi connectivity index (χ0n) is 2.32. The van der Waals surface area contributed by atoms with E-state index in [1.54, 1.807) is 0 Å². The van der Waals surface area contributed by atoms with Gasteiger partial charge in [0.1, 0.15) is 0 Å². The van der Waals surface area contributed by atoms with Crippen LogP contribution in [0.4, 0.5) is 0 Å². The third-order valence-corrected chi connectivity index (χ3v) is 0. The summed E-state index contributed by atoms with van der Waals surface area (Å²) < 4.78 is 0. The predicted octanol–water partition coefficient (Wildman–Crippen LogP) is -0.808. The summed E-state index contributed by atoms with van der Waals surface area (Å²) in [5.74, 6) is 0. The van der Waals surface area contributed by atoms with Crippen LogP contribution >= 0.6 is 24.8 Å². The van der Waals surface area contributed by atoms with E-state index in [4.69, 9.17) is 0 Å². The summed E-state index contributed by atoms with van der Waals surface area (Å²) in [6, 6.07) is 0. The summed E-state index contributed by atoms with van der Waals surface area (Å²) in [6.45, 7) is 0. The van der Waals surface area contributed by atoms with Crippen LogP contribution in [0.3, 0.4) is 0 Å². The fraction of sp³-hybridized carbons (Fsp3) is 0. The van der Waals surface area contributed by atoms with Crippen LogP contribution in [0, 0.1) is 0 Å². The second-order valence-electron chi connectivity index (χ2n) is 0. The fourth-order valence-electron chi connectivity index (χ4n) is 0. The second kappa shape index (κ2) is 62.8. The Bertz CT molecular complexity index is 7.61. The summed E-state index contributed by atoms with van der Waals surface area (Å²) in [5, 5.41) is 0. The third-order valence-electron chi connectivity index (χ3n) is 0. The molecule has 0 aromatic rings. The largest absolute Gasteiger partial charge is 0.412 e. The molecule has 5 heavy (non-hydrogen) atoms. The first-order valence-corrected chi connectivity index (χ1v) is 0. The Morgan fingerprint density at radius 3 is 0.600 bits per heavy atom. The summed E-state index contributed by atoms with van der Waals surface area (Å²) in [7, 11) is 0. The average molecular weight is 157 g/mol. The molecule has 0 unspecified atom stereocenters. The molecule has 0 saturated heterocycles. The van der Waals surface area contributed by atoms with Crippen molar-refractivity contribution in [2.75, 3.05) is 0 Å². The van der Waals surface area contributed by atoms with Crippen LogP contribution in [0.5, 0.6) is 0 Å². The van der Waals surface area contributed by atoms with Crippen LogP contribution in [0.1, 0.15) is 0 Å². The number of rotatable bonds is 0. The molecule has 0 aromatic carbocycles. The van der Waals surface area contributed by atoms with Gasteiger partial charge in [-0.15, -0.1) is 24.8 Å². The van der Waals surface area contributed by atoms with Gasteiger partial charge in [-0.3, -0.25) is 0 Å². The van der Waals surface area contributed by atoms with Crippen molar-refractivity contribution in [2.45, 2.75) is 0 Å². The summed E-state index contributed by atoms with van der Waals surface area (Å²) in [4.78, 5) is 0. The quantitative estimate of drug-likeness (QED) is 0.412. The first kappa shape index (κ1) is 115. The molecule has 5 heteroatoms. The molecule has 0 bridgehead atoms. The Morgan fingerprint density at radius 2 is 0.600 bits per heavy atom. The molecular weight excluding hydrogens is 151 g/mol. The second-order valence-corrected chi connectivity index (χ2v) is 0. The molecule has 0 radical (unpaired) electrons. The Labute approximate surface area is 57.6 Å². The summed E-state index contributed by atoms with van der Waals surface area (Å²) in [6.07, 6.45) is 0. The van der Waals surface area contributed by atoms with Gasteiger partial charge < -0.3 is 11.0 Å². The smallest absolute Gasteiger partial charge is 0 e. The van der Waals surface area contributed by atoms with Crippen LogP contribution < -0.4 is 0 Å². The van der Waals surface area contributed by atoms with Gasteiger partial charge in [-0.1, -0.05) is 0 Å². The van der Waals surface area contributed by atoms with Crippen LogP contribution in [-0.4, -0.2) is 11.0 Å². The van der Waals surface area contributed by atoms with E-state index in [2.05, 4.69) is 0 Å². The standard InChI is InChI=1S/2ClH.2H2O.Ti/h2*1H;2*1H2;. The Balaban J connectivity index is 0. The van der Waals surface area contributed by atoms with Crippen LogP contribution in [0.2, 0.25) is 0 Å². The van der Waals surface area contributed by atoms with Gasteiger partial charge in [0.05, 0.1) is 0 Å². The van der Waals surface area contributed by atoms with Crippen LogP contribution in [0.25, 0.3) is 0 Å². The van der Waals surface area contributed by atoms with Crippen molar-refractivity contribution >= 4 is 24.8 Å². The van der Waals surface area contributed by atoms with Crippen molar-refractivity contribution in [3.63, 3.8) is 0 Å². The minimum absolute atomic E-state index is 0. The van der Waals surface area contributed by atoms with Gasteiger partial charge in [0.15, 0.2) is 0 Å². The van der Waals surface area contributed by atoms with E-state index in [0.717, 1.165) is 0 Å². The molecule has 36 valence electrons. The fourth-order valence-corrected chi connectivity index (χ4v) is 0. The number of halogens is 2. The van der Waals surface area contributed by atoms with Crippen molar-refractivity contribution in [3.05, 3.63) is 0 Å². The Kier molecular flexibility index (Phi) is 1440. The molecule has 2 nitrogen and oxygen atoms in total. The monoisotopic (exact) mass is 156 g/mol. The molecule has 0 atom stereocenters. The minimum Gasteiger partial charge on any atom is -0.412 e. The number of hydrogen-bond donors (Lipinski definition) is 0. The molecule has 0 aliphatic heterocycles. The SMILES string of the molecule is Cl.Cl.O.O.[Ti]. The summed E-state index contributed by atoms with van der Waals surface area (Å²) >= 11 is 0. The van der Waals surface area contributed by atoms with E-state index in [9.17, 15) is 0 Å². The van der Waals surface area contributed by atoms with Gasteiger partial charge in [0.25, 0.3) is 0 Å². The first-order valence-electron chi connectivity index (χ1n) is 0. The number of hydrogen-bond acceptors (Lipinski definition) is 0. The molecule has 0 heterocycles. The van der Waals surface area contributed by atoms with E-state index >= 15 is 0 Å². The van der Waals surface area contributed by atoms with Gasteiger partial charge in [-0.2, -0.15) is 0 Å². The molecular formula is H6Cl2O2Ti. The van der Waals surface area contributed by atoms with Gasteiger partial charge >= 0.3 is 0 Å². The predicted molar refractivity (Wildman–Crippen MR) is 21.7 cm³/mol. The van der Waals surface area contributed by atoms with E-state index in [0.29, 0.717) is 0 Å². The molecule has 0 aliphatic carbocycles. The van der Waals surface area contributed by atoms with E-state index in [1.165, 1.54) is 0 Å². The van der Waals surface area contributed by atoms with Gasteiger partial charge in [0, 0.05) is 21.7 Å². The van der Waals surface area contributed by atoms with Crippen molar-refractivity contribution < 1.29 is 32.7 Å². The van der Waals surface area contributed by atoms with E-state index in [-0.39, 0.29) is 57.5 Å². The topological polar surface area (TPSA) is 63.0 Å². The van der Waals surface area contributed by atoms with Gasteiger partial charge in [-0.05, 0) is 0 Å². The molecule has 0 rings (SSSR count). The zero-order valence-corrected chi connectivity index (χ0v) is 5.51. The molecule has 0 aromatic heterocycles. The average Bonchev–Trinajstić information content (AvgIpc) is 0. The molecule has 0 aliphatic rings. The van der Waals surface area contributed by atoms with E-state index in [1.807, 2.05) is 0 Å². The third kappa shape index (κ3) is 36.5. The maximum atomic E-state index is 0. The maximum absolute atomic E-state index is 0. The maximum Gasteiger partial charge on any atom is 0 e. The van der Waals surface area contributed by atoms with Crippen molar-refractivity contribution in [2.24, 2.45) is 0 Å². The first-order chi connectivity index (χ1) is 0. The minimum atomic E-state index is 0. The normalized spacial score (nSPS) is 0. The van der Waals surface area contributed by atoms with Crippen molar-refractivity contribution in [1.82, 2.24) is 0 Å². The van der Waals surface area contributed by atoms with Crippen LogP contribution in [0.15, 0.2) is 0 Å². The zero-order chi connectivity index (χ0) is 0. The van der Waals surface area contributed by atoms with Crippen molar-refractivity contribution in [1.29, 1.82) is 0 Å². The van der Waals surface area contributed by atoms with Crippen molar-refractivity contribution in [3.8, 4) is 0 Å². The van der Waals surface area contributed by atoms with Crippen LogP contribution in [-0.2, 0) is 21.7 Å². The molecule has 0 amide bonds. The van der Waals surface area contributed by atoms with Gasteiger partial charge in [0.2, 0.25) is 0 Å². The Morgan fingerprint density at radius 1 is 0.600 bits per heavy atom. The van der Waals surface area contributed by atoms with E-state index < -0.39 is 0 Å². The van der Waals surface area contributed by atoms with Gasteiger partial charge in [-0.25, -0.2) is 0 Å². The Hall–Kier alpha value is 1.21. The molecule has 4 N–H and O–H groups in total. The molecule has 0 fully saturated rings.